The van der Waals surface area contributed by atoms with Gasteiger partial charge in [0.15, 0.2) is 0 Å². The normalized spacial score (nSPS) is 17.6. The number of hydrogen-bond acceptors (Lipinski definition) is 3. The third-order valence-corrected chi connectivity index (χ3v) is 5.40. The van der Waals surface area contributed by atoms with Gasteiger partial charge in [-0.15, -0.1) is 12.4 Å². The third kappa shape index (κ3) is 6.29. The second kappa shape index (κ2) is 10.9. The summed E-state index contributed by atoms with van der Waals surface area (Å²) in [6.07, 6.45) is 1.23. The standard InChI is InChI=1S/C25H25FN2O2.ClH/c26-22-11-5-10-21(16-22)20-9-4-8-19(14-20)15-24-23(12-13-27-24)28-25(29)30-17-18-6-2-1-3-7-18;/h1-11,14,16,23-24,27H,12-13,15,17H2,(H,28,29);1H/t23-,24-;/m0./s1. The van der Waals surface area contributed by atoms with E-state index < -0.39 is 6.09 Å². The zero-order chi connectivity index (χ0) is 20.8. The first-order valence-corrected chi connectivity index (χ1v) is 10.2. The maximum absolute atomic E-state index is 13.6. The Bertz CT molecular complexity index is 1000. The van der Waals surface area contributed by atoms with Gasteiger partial charge in [-0.25, -0.2) is 9.18 Å². The maximum Gasteiger partial charge on any atom is 0.407 e. The molecule has 1 aliphatic heterocycles. The van der Waals surface area contributed by atoms with E-state index in [2.05, 4.69) is 22.8 Å². The van der Waals surface area contributed by atoms with E-state index in [9.17, 15) is 9.18 Å². The number of halogens is 2. The molecule has 0 spiro atoms. The van der Waals surface area contributed by atoms with E-state index in [4.69, 9.17) is 4.74 Å². The van der Waals surface area contributed by atoms with Crippen molar-refractivity contribution in [1.82, 2.24) is 10.6 Å². The van der Waals surface area contributed by atoms with Gasteiger partial charge in [-0.1, -0.05) is 66.7 Å². The van der Waals surface area contributed by atoms with Crippen LogP contribution in [0.4, 0.5) is 9.18 Å². The Hall–Kier alpha value is -2.89. The van der Waals surface area contributed by atoms with Gasteiger partial charge in [0.2, 0.25) is 0 Å². The minimum Gasteiger partial charge on any atom is -0.445 e. The summed E-state index contributed by atoms with van der Waals surface area (Å²) in [7, 11) is 0. The lowest BCUT2D eigenvalue weighted by molar-refractivity contribution is 0.134. The summed E-state index contributed by atoms with van der Waals surface area (Å²) >= 11 is 0. The minimum absolute atomic E-state index is 0. The van der Waals surface area contributed by atoms with Crippen LogP contribution < -0.4 is 10.6 Å². The number of alkyl carbamates (subject to hydrolysis) is 1. The summed E-state index contributed by atoms with van der Waals surface area (Å²) in [4.78, 5) is 12.2. The van der Waals surface area contributed by atoms with Gasteiger partial charge in [0, 0.05) is 12.1 Å². The van der Waals surface area contributed by atoms with E-state index in [0.29, 0.717) is 0 Å². The number of carbonyl (C=O) groups excluding carboxylic acids is 1. The van der Waals surface area contributed by atoms with Crippen LogP contribution >= 0.6 is 12.4 Å². The van der Waals surface area contributed by atoms with Crippen LogP contribution in [-0.2, 0) is 17.8 Å². The van der Waals surface area contributed by atoms with Gasteiger partial charge in [-0.05, 0) is 53.8 Å². The lowest BCUT2D eigenvalue weighted by Crippen LogP contribution is -2.44. The Kier molecular flexibility index (Phi) is 8.04. The first-order chi connectivity index (χ1) is 14.7. The highest BCUT2D eigenvalue weighted by molar-refractivity contribution is 5.85. The van der Waals surface area contributed by atoms with Gasteiger partial charge in [0.25, 0.3) is 0 Å². The number of rotatable bonds is 6. The van der Waals surface area contributed by atoms with E-state index in [1.54, 1.807) is 12.1 Å². The minimum atomic E-state index is -0.397. The number of benzene rings is 3. The van der Waals surface area contributed by atoms with Crippen LogP contribution in [0.15, 0.2) is 78.9 Å². The number of carbonyl (C=O) groups is 1. The molecule has 6 heteroatoms. The summed E-state index contributed by atoms with van der Waals surface area (Å²) in [5.41, 5.74) is 3.94. The second-order valence-electron chi connectivity index (χ2n) is 7.58. The molecule has 31 heavy (non-hydrogen) atoms. The fraction of sp³-hybridized carbons (Fsp3) is 0.240. The molecule has 1 heterocycles. The highest BCUT2D eigenvalue weighted by Crippen LogP contribution is 2.23. The molecule has 2 N–H and O–H groups in total. The van der Waals surface area contributed by atoms with E-state index in [1.807, 2.05) is 48.5 Å². The molecule has 0 saturated carbocycles. The average Bonchev–Trinajstić information content (AvgIpc) is 3.19. The smallest absolute Gasteiger partial charge is 0.407 e. The molecule has 0 bridgehead atoms. The average molecular weight is 441 g/mol. The van der Waals surface area contributed by atoms with Crippen molar-refractivity contribution in [2.75, 3.05) is 6.54 Å². The molecule has 162 valence electrons. The molecule has 0 aliphatic carbocycles. The summed E-state index contributed by atoms with van der Waals surface area (Å²) < 4.78 is 18.9. The number of amides is 1. The number of ether oxygens (including phenoxy) is 1. The summed E-state index contributed by atoms with van der Waals surface area (Å²) in [6, 6.07) is 24.5. The van der Waals surface area contributed by atoms with Crippen molar-refractivity contribution in [2.45, 2.75) is 31.5 Å². The van der Waals surface area contributed by atoms with E-state index in [-0.39, 0.29) is 36.9 Å². The molecular weight excluding hydrogens is 415 g/mol. The highest BCUT2D eigenvalue weighted by Gasteiger charge is 2.28. The Morgan fingerprint density at radius 3 is 2.45 bits per heavy atom. The Morgan fingerprint density at radius 1 is 0.968 bits per heavy atom. The largest absolute Gasteiger partial charge is 0.445 e. The molecule has 0 aromatic heterocycles. The van der Waals surface area contributed by atoms with Gasteiger partial charge in [0.05, 0.1) is 0 Å². The van der Waals surface area contributed by atoms with Crippen molar-refractivity contribution in [2.24, 2.45) is 0 Å². The Balaban J connectivity index is 0.00000272. The molecule has 1 aliphatic rings. The summed E-state index contributed by atoms with van der Waals surface area (Å²) in [5, 5.41) is 6.47. The van der Waals surface area contributed by atoms with E-state index in [1.165, 1.54) is 6.07 Å². The van der Waals surface area contributed by atoms with Crippen LogP contribution in [0.25, 0.3) is 11.1 Å². The van der Waals surface area contributed by atoms with Gasteiger partial charge in [0.1, 0.15) is 12.4 Å². The quantitative estimate of drug-likeness (QED) is 0.559. The van der Waals surface area contributed by atoms with E-state index in [0.717, 1.165) is 41.6 Å². The molecule has 4 nitrogen and oxygen atoms in total. The lowest BCUT2D eigenvalue weighted by atomic mass is 9.97. The molecule has 2 atom stereocenters. The van der Waals surface area contributed by atoms with Gasteiger partial charge in [-0.2, -0.15) is 0 Å². The number of nitrogens with one attached hydrogen (secondary N) is 2. The zero-order valence-corrected chi connectivity index (χ0v) is 17.9. The van der Waals surface area contributed by atoms with Crippen molar-refractivity contribution in [3.63, 3.8) is 0 Å². The molecule has 3 aromatic rings. The van der Waals surface area contributed by atoms with Gasteiger partial charge >= 0.3 is 6.09 Å². The molecule has 3 aromatic carbocycles. The van der Waals surface area contributed by atoms with Crippen LogP contribution in [0.1, 0.15) is 17.5 Å². The molecule has 1 saturated heterocycles. The topological polar surface area (TPSA) is 50.4 Å². The molecule has 4 rings (SSSR count). The van der Waals surface area contributed by atoms with Gasteiger partial charge < -0.3 is 15.4 Å². The van der Waals surface area contributed by atoms with Crippen LogP contribution in [0, 0.1) is 5.82 Å². The van der Waals surface area contributed by atoms with E-state index >= 15 is 0 Å². The predicted molar refractivity (Wildman–Crippen MR) is 123 cm³/mol. The maximum atomic E-state index is 13.6. The SMILES string of the molecule is Cl.O=C(N[C@H]1CCN[C@H]1Cc1cccc(-c2cccc(F)c2)c1)OCc1ccccc1. The van der Waals surface area contributed by atoms with Crippen molar-refractivity contribution < 1.29 is 13.9 Å². The van der Waals surface area contributed by atoms with Crippen LogP contribution in [0.5, 0.6) is 0 Å². The molecule has 1 amide bonds. The monoisotopic (exact) mass is 440 g/mol. The Labute approximate surface area is 188 Å². The van der Waals surface area contributed by atoms with Crippen LogP contribution in [-0.4, -0.2) is 24.7 Å². The van der Waals surface area contributed by atoms with Crippen molar-refractivity contribution in [1.29, 1.82) is 0 Å². The highest BCUT2D eigenvalue weighted by atomic mass is 35.5. The Morgan fingerprint density at radius 2 is 1.68 bits per heavy atom. The molecule has 0 unspecified atom stereocenters. The summed E-state index contributed by atoms with van der Waals surface area (Å²) in [6.45, 7) is 1.10. The molecule has 1 fully saturated rings. The third-order valence-electron chi connectivity index (χ3n) is 5.40. The van der Waals surface area contributed by atoms with Crippen LogP contribution in [0.2, 0.25) is 0 Å². The number of hydrogen-bond donors (Lipinski definition) is 2. The van der Waals surface area contributed by atoms with Crippen LogP contribution in [0.3, 0.4) is 0 Å². The fourth-order valence-electron chi connectivity index (χ4n) is 3.87. The van der Waals surface area contributed by atoms with Gasteiger partial charge in [-0.3, -0.25) is 0 Å². The second-order valence-corrected chi connectivity index (χ2v) is 7.58. The lowest BCUT2D eigenvalue weighted by Gasteiger charge is -2.21. The first-order valence-electron chi connectivity index (χ1n) is 10.2. The summed E-state index contributed by atoms with van der Waals surface area (Å²) in [5.74, 6) is -0.242. The molecular formula is C25H26ClFN2O2. The first kappa shape index (κ1) is 22.8. The van der Waals surface area contributed by atoms with Crippen molar-refractivity contribution in [3.05, 3.63) is 95.8 Å². The zero-order valence-electron chi connectivity index (χ0n) is 17.1. The fourth-order valence-corrected chi connectivity index (χ4v) is 3.87. The van der Waals surface area contributed by atoms with Crippen molar-refractivity contribution in [3.8, 4) is 11.1 Å². The molecule has 0 radical (unpaired) electrons. The van der Waals surface area contributed by atoms with Crippen molar-refractivity contribution >= 4 is 18.5 Å². The predicted octanol–water partition coefficient (Wildman–Crippen LogP) is 5.11.